The first-order valence-corrected chi connectivity index (χ1v) is 17.3. The van der Waals surface area contributed by atoms with Gasteiger partial charge in [-0.05, 0) is 52.6 Å². The quantitative estimate of drug-likeness (QED) is 0.226. The molecule has 5 rings (SSSR count). The molecule has 3 atom stereocenters. The minimum absolute atomic E-state index is 0.0402. The Bertz CT molecular complexity index is 1640. The lowest BCUT2D eigenvalue weighted by Gasteiger charge is -2.29. The van der Waals surface area contributed by atoms with Gasteiger partial charge in [-0.1, -0.05) is 41.9 Å². The number of nitrogens with two attached hydrogens (primary N) is 1. The fraction of sp³-hybridized carbons (Fsp3) is 0.467. The Hall–Kier alpha value is -3.96. The van der Waals surface area contributed by atoms with E-state index in [1.807, 2.05) is 0 Å². The van der Waals surface area contributed by atoms with E-state index < -0.39 is 40.0 Å². The van der Waals surface area contributed by atoms with Crippen molar-refractivity contribution in [1.82, 2.24) is 40.0 Å². The molecular formula is C30H38ClN9O6S. The first kappa shape index (κ1) is 34.4. The number of rotatable bonds is 13. The van der Waals surface area contributed by atoms with Gasteiger partial charge in [-0.15, -0.1) is 5.10 Å². The van der Waals surface area contributed by atoms with Gasteiger partial charge in [-0.25, -0.2) is 17.8 Å². The highest BCUT2D eigenvalue weighted by molar-refractivity contribution is 7.88. The van der Waals surface area contributed by atoms with Crippen LogP contribution in [0.1, 0.15) is 36.8 Å². The van der Waals surface area contributed by atoms with Crippen molar-refractivity contribution in [3.63, 3.8) is 0 Å². The van der Waals surface area contributed by atoms with E-state index >= 15 is 0 Å². The number of hydrogen-bond donors (Lipinski definition) is 3. The highest BCUT2D eigenvalue weighted by Crippen LogP contribution is 2.22. The number of carbonyl (C=O) groups excluding carboxylic acids is 3. The molecule has 2 aliphatic rings. The van der Waals surface area contributed by atoms with Gasteiger partial charge in [0.25, 0.3) is 0 Å². The number of aromatic nitrogens is 4. The molecule has 17 heteroatoms. The fourth-order valence-corrected chi connectivity index (χ4v) is 7.39. The molecule has 0 radical (unpaired) electrons. The number of nitrogens with one attached hydrogen (secondary N) is 2. The Morgan fingerprint density at radius 1 is 1.09 bits per heavy atom. The summed E-state index contributed by atoms with van der Waals surface area (Å²) >= 11 is 6.21. The molecule has 2 saturated heterocycles. The number of hydrogen-bond acceptors (Lipinski definition) is 10. The van der Waals surface area contributed by atoms with E-state index in [1.165, 1.54) is 15.9 Å². The van der Waals surface area contributed by atoms with E-state index in [0.29, 0.717) is 48.1 Å². The van der Waals surface area contributed by atoms with E-state index in [-0.39, 0.29) is 50.4 Å². The third-order valence-electron chi connectivity index (χ3n) is 8.08. The van der Waals surface area contributed by atoms with Crippen molar-refractivity contribution in [2.45, 2.75) is 56.1 Å². The summed E-state index contributed by atoms with van der Waals surface area (Å²) in [6.45, 7) is 1.99. The number of nitrogens with zero attached hydrogens (tertiary/aromatic N) is 6. The van der Waals surface area contributed by atoms with Crippen LogP contribution in [-0.4, -0.2) is 107 Å². The molecule has 2 fully saturated rings. The van der Waals surface area contributed by atoms with Crippen LogP contribution in [0.2, 0.25) is 5.02 Å². The van der Waals surface area contributed by atoms with Gasteiger partial charge in [-0.2, -0.15) is 0 Å². The Morgan fingerprint density at radius 3 is 2.57 bits per heavy atom. The topological polar surface area (TPSA) is 195 Å². The molecule has 252 valence electrons. The Morgan fingerprint density at radius 2 is 1.85 bits per heavy atom. The smallest absolute Gasteiger partial charge is 0.243 e. The summed E-state index contributed by atoms with van der Waals surface area (Å²) in [4.78, 5) is 43.2. The van der Waals surface area contributed by atoms with Crippen molar-refractivity contribution in [3.05, 3.63) is 71.0 Å². The van der Waals surface area contributed by atoms with Gasteiger partial charge in [0.05, 0.1) is 24.7 Å². The molecule has 2 aliphatic heterocycles. The molecule has 47 heavy (non-hydrogen) atoms. The van der Waals surface area contributed by atoms with Gasteiger partial charge in [0.1, 0.15) is 12.4 Å². The van der Waals surface area contributed by atoms with E-state index in [1.54, 1.807) is 53.4 Å². The van der Waals surface area contributed by atoms with Crippen LogP contribution in [0.3, 0.4) is 0 Å². The lowest BCUT2D eigenvalue weighted by molar-refractivity contribution is -0.139. The zero-order valence-corrected chi connectivity index (χ0v) is 27.3. The summed E-state index contributed by atoms with van der Waals surface area (Å²) in [6, 6.07) is 11.6. The number of ether oxygens (including phenoxy) is 1. The molecule has 0 spiro atoms. The summed E-state index contributed by atoms with van der Waals surface area (Å²) in [5.41, 5.74) is 8.07. The first-order chi connectivity index (χ1) is 22.6. The number of amides is 3. The Balaban J connectivity index is 1.26. The van der Waals surface area contributed by atoms with Crippen LogP contribution in [0.4, 0.5) is 0 Å². The molecule has 1 aromatic heterocycles. The third kappa shape index (κ3) is 9.54. The summed E-state index contributed by atoms with van der Waals surface area (Å²) in [7, 11) is -3.88. The molecule has 15 nitrogen and oxygen atoms in total. The minimum Gasteiger partial charge on any atom is -0.378 e. The van der Waals surface area contributed by atoms with Crippen molar-refractivity contribution in [2.24, 2.45) is 5.73 Å². The maximum Gasteiger partial charge on any atom is 0.243 e. The van der Waals surface area contributed by atoms with Crippen LogP contribution >= 0.6 is 11.6 Å². The largest absolute Gasteiger partial charge is 0.378 e. The number of morpholine rings is 1. The van der Waals surface area contributed by atoms with Crippen LogP contribution in [0.15, 0.2) is 54.9 Å². The second-order valence-electron chi connectivity index (χ2n) is 11.6. The number of benzene rings is 2. The monoisotopic (exact) mass is 687 g/mol. The number of sulfonamides is 1. The second-order valence-corrected chi connectivity index (χ2v) is 13.8. The predicted molar refractivity (Wildman–Crippen MR) is 171 cm³/mol. The standard InChI is InChI=1S/C30H38ClN9O6S/c31-23-6-8-26(40-20-34-36-37-40)22(14-23)17-33-30(43)27-15-24(32)18-39(27)29(42)16-25(7-9-28(41)38-10-12-46-13-11-38)35-47(44,45)19-21-4-2-1-3-5-21/h1-6,8,14,20,24-25,27,35H,7,9-13,15-19,32H2,(H,33,43). The van der Waals surface area contributed by atoms with Crippen molar-refractivity contribution in [2.75, 3.05) is 32.8 Å². The van der Waals surface area contributed by atoms with Crippen LogP contribution in [0.25, 0.3) is 5.69 Å². The lowest BCUT2D eigenvalue weighted by atomic mass is 10.1. The normalized spacial score (nSPS) is 19.0. The summed E-state index contributed by atoms with van der Waals surface area (Å²) in [5.74, 6) is -1.29. The van der Waals surface area contributed by atoms with Crippen LogP contribution in [0.5, 0.6) is 0 Å². The predicted octanol–water partition coefficient (Wildman–Crippen LogP) is 0.377. The zero-order chi connectivity index (χ0) is 33.4. The highest BCUT2D eigenvalue weighted by atomic mass is 35.5. The molecule has 3 unspecified atom stereocenters. The van der Waals surface area contributed by atoms with Gasteiger partial charge in [-0.3, -0.25) is 14.4 Å². The average Bonchev–Trinajstić information content (AvgIpc) is 3.73. The van der Waals surface area contributed by atoms with Crippen molar-refractivity contribution in [3.8, 4) is 5.69 Å². The van der Waals surface area contributed by atoms with Crippen molar-refractivity contribution < 1.29 is 27.5 Å². The van der Waals surface area contributed by atoms with Gasteiger partial charge < -0.3 is 25.6 Å². The molecule has 0 saturated carbocycles. The summed E-state index contributed by atoms with van der Waals surface area (Å²) in [5, 5.41) is 14.5. The molecular weight excluding hydrogens is 650 g/mol. The zero-order valence-electron chi connectivity index (χ0n) is 25.7. The molecule has 3 aromatic rings. The lowest BCUT2D eigenvalue weighted by Crippen LogP contribution is -2.48. The Kier molecular flexibility index (Phi) is 11.5. The molecule has 4 N–H and O–H groups in total. The average molecular weight is 688 g/mol. The summed E-state index contributed by atoms with van der Waals surface area (Å²) < 4.78 is 35.8. The van der Waals surface area contributed by atoms with Crippen molar-refractivity contribution >= 4 is 39.3 Å². The van der Waals surface area contributed by atoms with Crippen molar-refractivity contribution in [1.29, 1.82) is 0 Å². The number of likely N-dealkylation sites (tertiary alicyclic amines) is 1. The van der Waals surface area contributed by atoms with Gasteiger partial charge in [0.2, 0.25) is 27.7 Å². The molecule has 0 aliphatic carbocycles. The number of tetrazole rings is 1. The minimum atomic E-state index is -3.88. The number of carbonyl (C=O) groups is 3. The molecule has 0 bridgehead atoms. The SMILES string of the molecule is NC1CC(C(=O)NCc2cc(Cl)ccc2-n2cnnn2)N(C(=O)CC(CCC(=O)N2CCOCC2)NS(=O)(=O)Cc2ccccc2)C1. The van der Waals surface area contributed by atoms with E-state index in [0.717, 1.165) is 0 Å². The first-order valence-electron chi connectivity index (χ1n) is 15.3. The maximum absolute atomic E-state index is 13.7. The van der Waals surface area contributed by atoms with Crippen LogP contribution in [0, 0.1) is 0 Å². The third-order valence-corrected chi connectivity index (χ3v) is 9.73. The highest BCUT2D eigenvalue weighted by Gasteiger charge is 2.39. The molecule has 3 heterocycles. The van der Waals surface area contributed by atoms with E-state index in [4.69, 9.17) is 22.1 Å². The Labute approximate surface area is 277 Å². The van der Waals surface area contributed by atoms with Gasteiger partial charge >= 0.3 is 0 Å². The van der Waals surface area contributed by atoms with E-state index in [2.05, 4.69) is 25.6 Å². The summed E-state index contributed by atoms with van der Waals surface area (Å²) in [6.07, 6.45) is 1.54. The molecule has 2 aromatic carbocycles. The van der Waals surface area contributed by atoms with Crippen LogP contribution < -0.4 is 15.8 Å². The van der Waals surface area contributed by atoms with Gasteiger partial charge in [0, 0.05) is 56.1 Å². The maximum atomic E-state index is 13.7. The fourth-order valence-electron chi connectivity index (χ4n) is 5.77. The molecule has 3 amide bonds. The number of halogens is 1. The second kappa shape index (κ2) is 15.8. The van der Waals surface area contributed by atoms with Gasteiger partial charge in [0.15, 0.2) is 0 Å². The van der Waals surface area contributed by atoms with E-state index in [9.17, 15) is 22.8 Å². The van der Waals surface area contributed by atoms with Crippen LogP contribution in [-0.2, 0) is 41.4 Å².